The molecule has 0 saturated carbocycles. The summed E-state index contributed by atoms with van der Waals surface area (Å²) in [6.45, 7) is 3.94. The Bertz CT molecular complexity index is 851. The van der Waals surface area contributed by atoms with Crippen LogP contribution in [0.1, 0.15) is 17.5 Å². The van der Waals surface area contributed by atoms with Gasteiger partial charge < -0.3 is 4.90 Å². The molecule has 2 saturated heterocycles. The van der Waals surface area contributed by atoms with E-state index in [0.29, 0.717) is 5.17 Å². The number of nitrogens with zero attached hydrogens (tertiary/aromatic N) is 3. The van der Waals surface area contributed by atoms with Gasteiger partial charge in [-0.25, -0.2) is 8.42 Å². The average molecular weight is 363 g/mol. The number of thioether (sulfide) groups is 1. The molecule has 0 spiro atoms. The van der Waals surface area contributed by atoms with Gasteiger partial charge in [-0.05, 0) is 37.1 Å². The lowest BCUT2D eigenvalue weighted by Crippen LogP contribution is -2.37. The van der Waals surface area contributed by atoms with Crippen LogP contribution >= 0.6 is 11.8 Å². The van der Waals surface area contributed by atoms with Crippen LogP contribution in [0.2, 0.25) is 0 Å². The van der Waals surface area contributed by atoms with Gasteiger partial charge in [0.25, 0.3) is 5.91 Å². The summed E-state index contributed by atoms with van der Waals surface area (Å²) in [5.74, 6) is -0.352. The molecular formula is C16H17N3O3S2. The van der Waals surface area contributed by atoms with Crippen molar-refractivity contribution in [1.29, 1.82) is 5.26 Å². The standard InChI is InChI=1S/C16H17N3O3S2/c1-10-5-11(2)7-12(6-10)19-13-8-24(21,22)9-14(13)23-16(19)18-15(20)3-4-17/h5-7,13-14H,3,8-9H2,1-2H3/t13-,14+/m1/s1. The molecule has 2 heterocycles. The van der Waals surface area contributed by atoms with E-state index in [1.54, 1.807) is 6.07 Å². The number of carbonyl (C=O) groups excluding carboxylic acids is 1. The first kappa shape index (κ1) is 17.0. The molecule has 8 heteroatoms. The number of hydrogen-bond acceptors (Lipinski definition) is 5. The minimum absolute atomic E-state index is 0.0586. The highest BCUT2D eigenvalue weighted by Gasteiger charge is 2.49. The van der Waals surface area contributed by atoms with Gasteiger partial charge in [0.05, 0.1) is 23.6 Å². The first-order valence-corrected chi connectivity index (χ1v) is 10.2. The third-order valence-corrected chi connectivity index (χ3v) is 7.21. The molecule has 0 aliphatic carbocycles. The highest BCUT2D eigenvalue weighted by atomic mass is 32.2. The van der Waals surface area contributed by atoms with Crippen LogP contribution in [-0.4, -0.2) is 42.3 Å². The third-order valence-electron chi connectivity index (χ3n) is 4.00. The normalized spacial score (nSPS) is 26.4. The number of aryl methyl sites for hydroxylation is 2. The van der Waals surface area contributed by atoms with Crippen molar-refractivity contribution in [2.75, 3.05) is 16.4 Å². The van der Waals surface area contributed by atoms with E-state index in [2.05, 4.69) is 4.99 Å². The minimum Gasteiger partial charge on any atom is -0.316 e. The van der Waals surface area contributed by atoms with Crippen LogP contribution in [0.5, 0.6) is 0 Å². The maximum absolute atomic E-state index is 12.0. The Hall–Kier alpha value is -1.85. The van der Waals surface area contributed by atoms with Crippen molar-refractivity contribution in [3.8, 4) is 6.07 Å². The Balaban J connectivity index is 2.04. The van der Waals surface area contributed by atoms with E-state index in [9.17, 15) is 13.2 Å². The molecule has 126 valence electrons. The Labute approximate surface area is 145 Å². The largest absolute Gasteiger partial charge is 0.316 e. The molecule has 0 unspecified atom stereocenters. The molecule has 0 N–H and O–H groups in total. The Morgan fingerprint density at radius 2 is 2.00 bits per heavy atom. The second kappa shape index (κ2) is 6.22. The second-order valence-electron chi connectivity index (χ2n) is 6.14. The molecule has 1 aromatic rings. The van der Waals surface area contributed by atoms with E-state index in [-0.39, 0.29) is 29.2 Å². The SMILES string of the molecule is Cc1cc(C)cc(N2C(=NC(=O)CC#N)S[C@H]3CS(=O)(=O)C[C@H]32)c1. The van der Waals surface area contributed by atoms with Crippen LogP contribution in [-0.2, 0) is 14.6 Å². The van der Waals surface area contributed by atoms with Gasteiger partial charge >= 0.3 is 0 Å². The number of rotatable bonds is 2. The van der Waals surface area contributed by atoms with Crippen LogP contribution in [0.4, 0.5) is 5.69 Å². The molecule has 6 nitrogen and oxygen atoms in total. The van der Waals surface area contributed by atoms with E-state index in [1.807, 2.05) is 36.9 Å². The highest BCUT2D eigenvalue weighted by Crippen LogP contribution is 2.41. The zero-order valence-electron chi connectivity index (χ0n) is 13.4. The predicted molar refractivity (Wildman–Crippen MR) is 94.9 cm³/mol. The molecule has 24 heavy (non-hydrogen) atoms. The molecule has 1 amide bonds. The van der Waals surface area contributed by atoms with Crippen LogP contribution in [0.3, 0.4) is 0 Å². The predicted octanol–water partition coefficient (Wildman–Crippen LogP) is 1.82. The number of amides is 1. The van der Waals surface area contributed by atoms with Gasteiger partial charge in [0.2, 0.25) is 0 Å². The number of nitriles is 1. The van der Waals surface area contributed by atoms with E-state index in [0.717, 1.165) is 16.8 Å². The number of anilines is 1. The number of benzene rings is 1. The highest BCUT2D eigenvalue weighted by molar-refractivity contribution is 8.16. The zero-order valence-corrected chi connectivity index (χ0v) is 15.0. The number of carbonyl (C=O) groups is 1. The minimum atomic E-state index is -3.08. The molecule has 1 aromatic carbocycles. The lowest BCUT2D eigenvalue weighted by molar-refractivity contribution is -0.116. The lowest BCUT2D eigenvalue weighted by atomic mass is 10.1. The molecule has 2 aliphatic heterocycles. The Kier molecular flexibility index (Phi) is 4.40. The van der Waals surface area contributed by atoms with Crippen molar-refractivity contribution in [3.05, 3.63) is 29.3 Å². The summed E-state index contributed by atoms with van der Waals surface area (Å²) >= 11 is 1.32. The number of aliphatic imine (C=N–C) groups is 1. The summed E-state index contributed by atoms with van der Waals surface area (Å²) in [7, 11) is -3.08. The van der Waals surface area contributed by atoms with Crippen LogP contribution in [0.25, 0.3) is 0 Å². The average Bonchev–Trinajstić information content (AvgIpc) is 2.88. The van der Waals surface area contributed by atoms with Gasteiger partial charge in [0.1, 0.15) is 6.42 Å². The van der Waals surface area contributed by atoms with Crippen molar-refractivity contribution >= 4 is 38.4 Å². The lowest BCUT2D eigenvalue weighted by Gasteiger charge is -2.25. The summed E-state index contributed by atoms with van der Waals surface area (Å²) in [5.41, 5.74) is 2.96. The monoisotopic (exact) mass is 363 g/mol. The molecular weight excluding hydrogens is 346 g/mol. The first-order chi connectivity index (χ1) is 11.3. The number of sulfone groups is 1. The maximum Gasteiger partial charge on any atom is 0.262 e. The Morgan fingerprint density at radius 1 is 1.33 bits per heavy atom. The molecule has 2 fully saturated rings. The first-order valence-electron chi connectivity index (χ1n) is 7.52. The van der Waals surface area contributed by atoms with E-state index in [1.165, 1.54) is 11.8 Å². The van der Waals surface area contributed by atoms with Gasteiger partial charge in [-0.1, -0.05) is 17.8 Å². The van der Waals surface area contributed by atoms with Gasteiger partial charge in [-0.15, -0.1) is 0 Å². The summed E-state index contributed by atoms with van der Waals surface area (Å²) in [5, 5.41) is 9.01. The van der Waals surface area contributed by atoms with Crippen LogP contribution in [0, 0.1) is 25.2 Å². The van der Waals surface area contributed by atoms with Crippen molar-refractivity contribution in [1.82, 2.24) is 0 Å². The number of fused-ring (bicyclic) bond motifs is 1. The van der Waals surface area contributed by atoms with E-state index >= 15 is 0 Å². The van der Waals surface area contributed by atoms with Crippen molar-refractivity contribution < 1.29 is 13.2 Å². The molecule has 0 radical (unpaired) electrons. The van der Waals surface area contributed by atoms with Gasteiger partial charge in [0.15, 0.2) is 15.0 Å². The summed E-state index contributed by atoms with van der Waals surface area (Å²) in [6, 6.07) is 7.53. The third kappa shape index (κ3) is 3.32. The van der Waals surface area contributed by atoms with Crippen LogP contribution in [0.15, 0.2) is 23.2 Å². The van der Waals surface area contributed by atoms with Crippen molar-refractivity contribution in [2.24, 2.45) is 4.99 Å². The quantitative estimate of drug-likeness (QED) is 0.796. The Morgan fingerprint density at radius 3 is 2.62 bits per heavy atom. The molecule has 2 aliphatic rings. The summed E-state index contributed by atoms with van der Waals surface area (Å²) in [6.07, 6.45) is -0.279. The van der Waals surface area contributed by atoms with Gasteiger partial charge in [-0.3, -0.25) is 4.79 Å². The molecule has 0 bridgehead atoms. The number of hydrogen-bond donors (Lipinski definition) is 0. The fourth-order valence-corrected chi connectivity index (χ4v) is 7.10. The zero-order chi connectivity index (χ0) is 17.5. The molecule has 2 atom stereocenters. The summed E-state index contributed by atoms with van der Waals surface area (Å²) in [4.78, 5) is 17.7. The van der Waals surface area contributed by atoms with Gasteiger partial charge in [0, 0.05) is 10.9 Å². The van der Waals surface area contributed by atoms with Crippen molar-refractivity contribution in [3.63, 3.8) is 0 Å². The fourth-order valence-electron chi connectivity index (χ4n) is 3.17. The van der Waals surface area contributed by atoms with Gasteiger partial charge in [-0.2, -0.15) is 10.3 Å². The molecule has 3 rings (SSSR count). The summed E-state index contributed by atoms with van der Waals surface area (Å²) < 4.78 is 24.0. The fraction of sp³-hybridized carbons (Fsp3) is 0.438. The second-order valence-corrected chi connectivity index (χ2v) is 9.50. The van der Waals surface area contributed by atoms with E-state index in [4.69, 9.17) is 5.26 Å². The van der Waals surface area contributed by atoms with Crippen molar-refractivity contribution in [2.45, 2.75) is 31.6 Å². The van der Waals surface area contributed by atoms with Crippen LogP contribution < -0.4 is 4.90 Å². The number of amidine groups is 1. The smallest absolute Gasteiger partial charge is 0.262 e. The maximum atomic E-state index is 12.0. The molecule has 0 aromatic heterocycles. The van der Waals surface area contributed by atoms with E-state index < -0.39 is 15.7 Å². The topological polar surface area (TPSA) is 90.6 Å².